The Balaban J connectivity index is 2.31. The van der Waals surface area contributed by atoms with Crippen LogP contribution in [0, 0.1) is 15.9 Å². The molecule has 0 bridgehead atoms. The number of anilines is 1. The Hall–Kier alpha value is -2.19. The average molecular weight is 331 g/mol. The first kappa shape index (κ1) is 15.2. The monoisotopic (exact) mass is 330 g/mol. The first-order valence-corrected chi connectivity index (χ1v) is 6.77. The zero-order valence-electron chi connectivity index (χ0n) is 10.3. The number of aromatic carboxylic acids is 1. The molecular formula is C12H8ClFN2O4S. The Morgan fingerprint density at radius 1 is 1.48 bits per heavy atom. The fraction of sp³-hybridized carbons (Fsp3) is 0.0833. The molecule has 0 spiro atoms. The number of hydrogen-bond donors (Lipinski definition) is 2. The van der Waals surface area contributed by atoms with E-state index in [1.165, 1.54) is 11.3 Å². The number of benzene rings is 1. The van der Waals surface area contributed by atoms with E-state index in [1.54, 1.807) is 12.1 Å². The Bertz CT molecular complexity index is 719. The topological polar surface area (TPSA) is 92.5 Å². The van der Waals surface area contributed by atoms with Crippen LogP contribution in [0.5, 0.6) is 0 Å². The van der Waals surface area contributed by atoms with Gasteiger partial charge < -0.3 is 10.4 Å². The molecule has 0 atom stereocenters. The fourth-order valence-electron chi connectivity index (χ4n) is 1.65. The Kier molecular flexibility index (Phi) is 4.39. The zero-order chi connectivity index (χ0) is 15.6. The van der Waals surface area contributed by atoms with Crippen molar-refractivity contribution in [2.24, 2.45) is 0 Å². The largest absolute Gasteiger partial charge is 0.478 e. The smallest absolute Gasteiger partial charge is 0.338 e. The van der Waals surface area contributed by atoms with Crippen LogP contribution in [0.3, 0.4) is 0 Å². The van der Waals surface area contributed by atoms with Crippen molar-refractivity contribution in [1.29, 1.82) is 0 Å². The van der Waals surface area contributed by atoms with Gasteiger partial charge in [0, 0.05) is 23.6 Å². The summed E-state index contributed by atoms with van der Waals surface area (Å²) in [5.74, 6) is -2.60. The highest BCUT2D eigenvalue weighted by Gasteiger charge is 2.21. The van der Waals surface area contributed by atoms with Crippen LogP contribution in [0.15, 0.2) is 24.3 Å². The highest BCUT2D eigenvalue weighted by molar-refractivity contribution is 7.16. The molecule has 0 aliphatic heterocycles. The summed E-state index contributed by atoms with van der Waals surface area (Å²) >= 11 is 7.04. The molecular weight excluding hydrogens is 323 g/mol. The summed E-state index contributed by atoms with van der Waals surface area (Å²) in [5.41, 5.74) is -1.34. The van der Waals surface area contributed by atoms with Crippen LogP contribution >= 0.6 is 22.9 Å². The summed E-state index contributed by atoms with van der Waals surface area (Å²) in [5, 5.41) is 22.4. The molecule has 2 rings (SSSR count). The van der Waals surface area contributed by atoms with Crippen LogP contribution in [-0.4, -0.2) is 16.0 Å². The number of nitrogens with zero attached hydrogens (tertiary/aromatic N) is 1. The number of nitro benzene ring substituents is 1. The van der Waals surface area contributed by atoms with Crippen LogP contribution in [-0.2, 0) is 6.54 Å². The van der Waals surface area contributed by atoms with Gasteiger partial charge in [-0.1, -0.05) is 11.6 Å². The molecule has 2 N–H and O–H groups in total. The second-order valence-electron chi connectivity index (χ2n) is 3.97. The molecule has 1 aromatic carbocycles. The van der Waals surface area contributed by atoms with Gasteiger partial charge in [-0.25, -0.2) is 9.18 Å². The number of hydrogen-bond acceptors (Lipinski definition) is 5. The number of rotatable bonds is 5. The lowest BCUT2D eigenvalue weighted by Crippen LogP contribution is -2.07. The number of thiophene rings is 1. The van der Waals surface area contributed by atoms with Gasteiger partial charge in [-0.3, -0.25) is 10.1 Å². The van der Waals surface area contributed by atoms with E-state index in [1.807, 2.05) is 0 Å². The van der Waals surface area contributed by atoms with Crippen molar-refractivity contribution in [1.82, 2.24) is 0 Å². The quantitative estimate of drug-likeness (QED) is 0.643. The summed E-state index contributed by atoms with van der Waals surface area (Å²) in [6.07, 6.45) is 0. The summed E-state index contributed by atoms with van der Waals surface area (Å²) in [7, 11) is 0. The van der Waals surface area contributed by atoms with Gasteiger partial charge in [0.1, 0.15) is 17.1 Å². The first-order chi connectivity index (χ1) is 9.88. The SMILES string of the molecule is O=C(O)c1cc([N+](=O)[O-])c(NCc2ccc(Cl)s2)cc1F. The molecule has 1 heterocycles. The van der Waals surface area contributed by atoms with Crippen molar-refractivity contribution in [3.63, 3.8) is 0 Å². The first-order valence-electron chi connectivity index (χ1n) is 5.58. The van der Waals surface area contributed by atoms with E-state index < -0.39 is 28.0 Å². The van der Waals surface area contributed by atoms with Gasteiger partial charge in [-0.15, -0.1) is 11.3 Å². The van der Waals surface area contributed by atoms with E-state index in [2.05, 4.69) is 5.32 Å². The minimum absolute atomic E-state index is 0.0907. The Labute approximate surface area is 126 Å². The molecule has 1 aromatic heterocycles. The van der Waals surface area contributed by atoms with E-state index >= 15 is 0 Å². The maximum atomic E-state index is 13.6. The number of carboxylic acids is 1. The molecule has 0 fully saturated rings. The lowest BCUT2D eigenvalue weighted by molar-refractivity contribution is -0.384. The molecule has 0 saturated carbocycles. The molecule has 110 valence electrons. The molecule has 0 amide bonds. The lowest BCUT2D eigenvalue weighted by Gasteiger charge is -2.07. The normalized spacial score (nSPS) is 10.4. The van der Waals surface area contributed by atoms with E-state index in [0.717, 1.165) is 10.9 Å². The minimum Gasteiger partial charge on any atom is -0.478 e. The van der Waals surface area contributed by atoms with Crippen molar-refractivity contribution >= 4 is 40.3 Å². The van der Waals surface area contributed by atoms with Crippen LogP contribution in [0.25, 0.3) is 0 Å². The molecule has 2 aromatic rings. The molecule has 6 nitrogen and oxygen atoms in total. The maximum Gasteiger partial charge on any atom is 0.338 e. The van der Waals surface area contributed by atoms with Crippen molar-refractivity contribution in [3.8, 4) is 0 Å². The van der Waals surface area contributed by atoms with Crippen molar-refractivity contribution in [2.45, 2.75) is 6.54 Å². The molecule has 9 heteroatoms. The van der Waals surface area contributed by atoms with Crippen LogP contribution < -0.4 is 5.32 Å². The standard InChI is InChI=1S/C12H8ClFN2O4S/c13-11-2-1-6(21-11)5-15-9-4-8(14)7(12(17)18)3-10(9)16(19)20/h1-4,15H,5H2,(H,17,18). The fourth-order valence-corrected chi connectivity index (χ4v) is 2.67. The van der Waals surface area contributed by atoms with Crippen LogP contribution in [0.4, 0.5) is 15.8 Å². The highest BCUT2D eigenvalue weighted by Crippen LogP contribution is 2.29. The molecule has 0 aliphatic carbocycles. The van der Waals surface area contributed by atoms with Gasteiger partial charge in [0.2, 0.25) is 0 Å². The average Bonchev–Trinajstić information content (AvgIpc) is 2.81. The zero-order valence-corrected chi connectivity index (χ0v) is 11.9. The number of halogens is 2. The highest BCUT2D eigenvalue weighted by atomic mass is 35.5. The van der Waals surface area contributed by atoms with E-state index in [9.17, 15) is 19.3 Å². The lowest BCUT2D eigenvalue weighted by atomic mass is 10.1. The van der Waals surface area contributed by atoms with E-state index in [4.69, 9.17) is 16.7 Å². The van der Waals surface area contributed by atoms with Crippen LogP contribution in [0.2, 0.25) is 4.34 Å². The third-order valence-electron chi connectivity index (χ3n) is 2.59. The van der Waals surface area contributed by atoms with Crippen molar-refractivity contribution in [2.75, 3.05) is 5.32 Å². The van der Waals surface area contributed by atoms with Gasteiger partial charge >= 0.3 is 5.97 Å². The van der Waals surface area contributed by atoms with Crippen molar-refractivity contribution < 1.29 is 19.2 Å². The predicted octanol–water partition coefficient (Wildman–Crippen LogP) is 3.76. The van der Waals surface area contributed by atoms with E-state index in [-0.39, 0.29) is 12.2 Å². The molecule has 0 radical (unpaired) electrons. The van der Waals surface area contributed by atoms with E-state index in [0.29, 0.717) is 10.4 Å². The van der Waals surface area contributed by atoms with Crippen LogP contribution in [0.1, 0.15) is 15.2 Å². The summed E-state index contributed by atoms with van der Waals surface area (Å²) < 4.78 is 14.2. The predicted molar refractivity (Wildman–Crippen MR) is 76.7 cm³/mol. The van der Waals surface area contributed by atoms with Gasteiger partial charge in [0.25, 0.3) is 5.69 Å². The molecule has 0 saturated heterocycles. The second kappa shape index (κ2) is 6.06. The summed E-state index contributed by atoms with van der Waals surface area (Å²) in [6.45, 7) is 0.212. The molecule has 0 aliphatic rings. The maximum absolute atomic E-state index is 13.6. The Morgan fingerprint density at radius 3 is 2.71 bits per heavy atom. The van der Waals surface area contributed by atoms with Crippen molar-refractivity contribution in [3.05, 3.63) is 55.0 Å². The second-order valence-corrected chi connectivity index (χ2v) is 5.77. The van der Waals surface area contributed by atoms with Gasteiger partial charge in [-0.05, 0) is 12.1 Å². The molecule has 21 heavy (non-hydrogen) atoms. The number of carbonyl (C=O) groups is 1. The third kappa shape index (κ3) is 3.47. The van der Waals surface area contributed by atoms with Gasteiger partial charge in [-0.2, -0.15) is 0 Å². The van der Waals surface area contributed by atoms with Gasteiger partial charge in [0.15, 0.2) is 0 Å². The summed E-state index contributed by atoms with van der Waals surface area (Å²) in [6, 6.07) is 4.90. The number of nitrogens with one attached hydrogen (secondary N) is 1. The number of carboxylic acid groups (broad SMARTS) is 1. The Morgan fingerprint density at radius 2 is 2.19 bits per heavy atom. The number of nitro groups is 1. The van der Waals surface area contributed by atoms with Gasteiger partial charge in [0.05, 0.1) is 9.26 Å². The summed E-state index contributed by atoms with van der Waals surface area (Å²) in [4.78, 5) is 21.8. The third-order valence-corrected chi connectivity index (χ3v) is 3.83. The minimum atomic E-state index is -1.56. The molecule has 0 unspecified atom stereocenters.